The molecule has 1 aromatic heterocycles. The molecule has 0 unspecified atom stereocenters. The third-order valence-corrected chi connectivity index (χ3v) is 5.34. The van der Waals surface area contributed by atoms with Gasteiger partial charge in [-0.2, -0.15) is 0 Å². The Balaban J connectivity index is 1.44. The number of nitrogens with zero attached hydrogens (tertiary/aromatic N) is 1. The molecule has 1 saturated heterocycles. The van der Waals surface area contributed by atoms with Gasteiger partial charge < -0.3 is 20.1 Å². The molecule has 0 radical (unpaired) electrons. The van der Waals surface area contributed by atoms with E-state index in [1.807, 2.05) is 4.90 Å². The second-order valence-electron chi connectivity index (χ2n) is 5.87. The highest BCUT2D eigenvalue weighted by atomic mass is 32.1. The number of hydrogen-bond donors (Lipinski definition) is 2. The summed E-state index contributed by atoms with van der Waals surface area (Å²) < 4.78 is 5.25. The van der Waals surface area contributed by atoms with E-state index in [4.69, 9.17) is 4.74 Å². The van der Waals surface area contributed by atoms with Crippen LogP contribution in [0.1, 0.15) is 23.3 Å². The van der Waals surface area contributed by atoms with Crippen LogP contribution >= 0.6 is 11.3 Å². The van der Waals surface area contributed by atoms with Crippen molar-refractivity contribution in [2.45, 2.75) is 31.4 Å². The van der Waals surface area contributed by atoms with E-state index in [0.29, 0.717) is 39.1 Å². The molecule has 2 aliphatic rings. The van der Waals surface area contributed by atoms with Crippen molar-refractivity contribution in [3.8, 4) is 0 Å². The van der Waals surface area contributed by atoms with E-state index in [1.54, 1.807) is 11.3 Å². The molecule has 3 rings (SSSR count). The highest BCUT2D eigenvalue weighted by molar-refractivity contribution is 7.10. The monoisotopic (exact) mass is 310 g/mol. The smallest absolute Gasteiger partial charge is 0.236 e. The number of amides is 1. The number of thiophene rings is 1. The summed E-state index contributed by atoms with van der Waals surface area (Å²) in [5.41, 5.74) is 0.559. The molecule has 0 aliphatic carbocycles. The van der Waals surface area contributed by atoms with Gasteiger partial charge in [-0.3, -0.25) is 4.79 Å². The zero-order valence-electron chi connectivity index (χ0n) is 12.1. The van der Waals surface area contributed by atoms with Gasteiger partial charge in [-0.25, -0.2) is 0 Å². The number of carbonyl (C=O) groups is 1. The van der Waals surface area contributed by atoms with Crippen molar-refractivity contribution in [2.75, 3.05) is 32.8 Å². The van der Waals surface area contributed by atoms with Crippen LogP contribution < -0.4 is 5.32 Å². The quantitative estimate of drug-likeness (QED) is 0.862. The number of ether oxygens (including phenoxy) is 1. The summed E-state index contributed by atoms with van der Waals surface area (Å²) in [6.45, 7) is 3.46. The SMILES string of the molecule is O=C(CNCC1(O)CCOCC1)N1CCc2sccc2C1. The second-order valence-corrected chi connectivity index (χ2v) is 6.88. The number of carbonyl (C=O) groups excluding carboxylic acids is 1. The first kappa shape index (κ1) is 15.0. The molecule has 3 heterocycles. The fraction of sp³-hybridized carbons (Fsp3) is 0.667. The predicted molar refractivity (Wildman–Crippen MR) is 81.3 cm³/mol. The van der Waals surface area contributed by atoms with Crippen LogP contribution in [0, 0.1) is 0 Å². The lowest BCUT2D eigenvalue weighted by molar-refractivity contribution is -0.131. The Bertz CT molecular complexity index is 497. The first-order valence-corrected chi connectivity index (χ1v) is 8.38. The minimum Gasteiger partial charge on any atom is -0.388 e. The molecule has 1 amide bonds. The number of nitrogens with one attached hydrogen (secondary N) is 1. The maximum absolute atomic E-state index is 12.2. The molecule has 6 heteroatoms. The van der Waals surface area contributed by atoms with E-state index in [2.05, 4.69) is 16.8 Å². The summed E-state index contributed by atoms with van der Waals surface area (Å²) in [5.74, 6) is 0.113. The minimum absolute atomic E-state index is 0.113. The van der Waals surface area contributed by atoms with Crippen LogP contribution in [0.2, 0.25) is 0 Å². The molecule has 1 aromatic rings. The van der Waals surface area contributed by atoms with Gasteiger partial charge in [0.1, 0.15) is 0 Å². The summed E-state index contributed by atoms with van der Waals surface area (Å²) in [6.07, 6.45) is 2.23. The minimum atomic E-state index is -0.721. The van der Waals surface area contributed by atoms with Gasteiger partial charge in [0.05, 0.1) is 12.1 Å². The molecule has 0 bridgehead atoms. The lowest BCUT2D eigenvalue weighted by Crippen LogP contribution is -2.48. The third kappa shape index (κ3) is 3.63. The summed E-state index contributed by atoms with van der Waals surface area (Å²) in [6, 6.07) is 2.11. The number of hydrogen-bond acceptors (Lipinski definition) is 5. The number of aliphatic hydroxyl groups is 1. The van der Waals surface area contributed by atoms with Gasteiger partial charge in [-0.15, -0.1) is 11.3 Å². The summed E-state index contributed by atoms with van der Waals surface area (Å²) >= 11 is 1.78. The first-order chi connectivity index (χ1) is 10.2. The normalized spacial score (nSPS) is 21.1. The van der Waals surface area contributed by atoms with Crippen LogP contribution in [0.4, 0.5) is 0 Å². The third-order valence-electron chi connectivity index (χ3n) is 4.31. The molecule has 0 atom stereocenters. The van der Waals surface area contributed by atoms with Crippen LogP contribution in [0.15, 0.2) is 11.4 Å². The Morgan fingerprint density at radius 2 is 2.29 bits per heavy atom. The fourth-order valence-corrected chi connectivity index (χ4v) is 3.79. The topological polar surface area (TPSA) is 61.8 Å². The molecular weight excluding hydrogens is 288 g/mol. The Hall–Kier alpha value is -0.950. The molecule has 2 N–H and O–H groups in total. The van der Waals surface area contributed by atoms with E-state index < -0.39 is 5.60 Å². The van der Waals surface area contributed by atoms with Gasteiger partial charge in [0.15, 0.2) is 0 Å². The lowest BCUT2D eigenvalue weighted by Gasteiger charge is -2.32. The fourth-order valence-electron chi connectivity index (χ4n) is 2.90. The van der Waals surface area contributed by atoms with Gasteiger partial charge in [0.25, 0.3) is 0 Å². The average molecular weight is 310 g/mol. The van der Waals surface area contributed by atoms with Crippen LogP contribution in [0.25, 0.3) is 0 Å². The molecule has 1 fully saturated rings. The van der Waals surface area contributed by atoms with Gasteiger partial charge in [0.2, 0.25) is 5.91 Å². The van der Waals surface area contributed by atoms with Crippen molar-refractivity contribution in [3.05, 3.63) is 21.9 Å². The van der Waals surface area contributed by atoms with Crippen molar-refractivity contribution in [3.63, 3.8) is 0 Å². The zero-order valence-corrected chi connectivity index (χ0v) is 13.0. The average Bonchev–Trinajstić information content (AvgIpc) is 2.95. The molecule has 2 aliphatic heterocycles. The molecule has 0 aromatic carbocycles. The lowest BCUT2D eigenvalue weighted by atomic mass is 9.94. The molecular formula is C15H22N2O3S. The summed E-state index contributed by atoms with van der Waals surface area (Å²) in [7, 11) is 0. The van der Waals surface area contributed by atoms with Crippen LogP contribution in [0.5, 0.6) is 0 Å². The van der Waals surface area contributed by atoms with E-state index in [9.17, 15) is 9.90 Å². The Morgan fingerprint density at radius 1 is 1.48 bits per heavy atom. The summed E-state index contributed by atoms with van der Waals surface area (Å²) in [4.78, 5) is 15.5. The highest BCUT2D eigenvalue weighted by Crippen LogP contribution is 2.24. The zero-order chi connectivity index (χ0) is 14.7. The Morgan fingerprint density at radius 3 is 3.10 bits per heavy atom. The maximum Gasteiger partial charge on any atom is 0.236 e. The number of fused-ring (bicyclic) bond motifs is 1. The van der Waals surface area contributed by atoms with Crippen LogP contribution in [0.3, 0.4) is 0 Å². The van der Waals surface area contributed by atoms with E-state index in [0.717, 1.165) is 19.5 Å². The predicted octanol–water partition coefficient (Wildman–Crippen LogP) is 0.764. The van der Waals surface area contributed by atoms with Crippen molar-refractivity contribution >= 4 is 17.2 Å². The first-order valence-electron chi connectivity index (χ1n) is 7.50. The van der Waals surface area contributed by atoms with E-state index >= 15 is 0 Å². The van der Waals surface area contributed by atoms with E-state index in [-0.39, 0.29) is 5.91 Å². The van der Waals surface area contributed by atoms with Gasteiger partial charge in [-0.05, 0) is 23.4 Å². The van der Waals surface area contributed by atoms with Gasteiger partial charge in [0, 0.05) is 50.6 Å². The van der Waals surface area contributed by atoms with Gasteiger partial charge in [-0.1, -0.05) is 0 Å². The van der Waals surface area contributed by atoms with Crippen molar-refractivity contribution in [1.82, 2.24) is 10.2 Å². The van der Waals surface area contributed by atoms with Crippen molar-refractivity contribution in [2.24, 2.45) is 0 Å². The van der Waals surface area contributed by atoms with Gasteiger partial charge >= 0.3 is 0 Å². The second kappa shape index (κ2) is 6.44. The standard InChI is InChI=1S/C15H22N2O3S/c18-14(9-16-11-15(19)3-6-20-7-4-15)17-5-1-13-12(10-17)2-8-21-13/h2,8,16,19H,1,3-7,9-11H2. The molecule has 5 nitrogen and oxygen atoms in total. The highest BCUT2D eigenvalue weighted by Gasteiger charge is 2.29. The van der Waals surface area contributed by atoms with Crippen LogP contribution in [-0.4, -0.2) is 54.4 Å². The molecule has 0 spiro atoms. The molecule has 116 valence electrons. The maximum atomic E-state index is 12.2. The largest absolute Gasteiger partial charge is 0.388 e. The molecule has 0 saturated carbocycles. The molecule has 21 heavy (non-hydrogen) atoms. The number of rotatable bonds is 4. The Labute approximate surface area is 128 Å². The van der Waals surface area contributed by atoms with Crippen molar-refractivity contribution < 1.29 is 14.6 Å². The van der Waals surface area contributed by atoms with E-state index in [1.165, 1.54) is 10.4 Å². The Kier molecular flexibility index (Phi) is 4.59. The van der Waals surface area contributed by atoms with Crippen molar-refractivity contribution in [1.29, 1.82) is 0 Å². The summed E-state index contributed by atoms with van der Waals surface area (Å²) in [5, 5.41) is 15.5. The van der Waals surface area contributed by atoms with Crippen LogP contribution in [-0.2, 0) is 22.5 Å².